The number of amides is 1. The van der Waals surface area contributed by atoms with Crippen LogP contribution < -0.4 is 9.47 Å². The van der Waals surface area contributed by atoms with Crippen LogP contribution in [0.3, 0.4) is 0 Å². The van der Waals surface area contributed by atoms with Crippen molar-refractivity contribution in [1.29, 1.82) is 0 Å². The number of pyridine rings is 1. The van der Waals surface area contributed by atoms with E-state index in [9.17, 15) is 14.3 Å². The number of hydrogen-bond acceptors (Lipinski definition) is 6. The average molecular weight is 376 g/mol. The molecule has 1 aromatic heterocycles. The van der Waals surface area contributed by atoms with Gasteiger partial charge in [0.1, 0.15) is 11.9 Å². The van der Waals surface area contributed by atoms with E-state index < -0.39 is 18.0 Å². The fraction of sp³-hybridized carbons (Fsp3) is 0.368. The van der Waals surface area contributed by atoms with Crippen LogP contribution in [-0.2, 0) is 4.74 Å². The molecule has 0 aliphatic carbocycles. The maximum atomic E-state index is 13.5. The highest BCUT2D eigenvalue weighted by Crippen LogP contribution is 2.36. The maximum absolute atomic E-state index is 13.5. The number of hydrogen-bond donors (Lipinski definition) is 1. The molecular formula is C19H21FN2O5. The minimum atomic E-state index is -0.623. The number of carbonyl (C=O) groups excluding carboxylic acids is 1. The molecule has 0 bridgehead atoms. The molecule has 0 saturated carbocycles. The van der Waals surface area contributed by atoms with Gasteiger partial charge in [-0.1, -0.05) is 6.07 Å². The fourth-order valence-corrected chi connectivity index (χ4v) is 3.24. The van der Waals surface area contributed by atoms with Crippen LogP contribution in [-0.4, -0.2) is 61.0 Å². The minimum Gasteiger partial charge on any atom is -0.493 e. The molecule has 1 aromatic carbocycles. The molecule has 3 rings (SSSR count). The molecule has 1 aliphatic rings. The summed E-state index contributed by atoms with van der Waals surface area (Å²) in [5.41, 5.74) is 0.850. The lowest BCUT2D eigenvalue weighted by Crippen LogP contribution is -2.49. The third-order valence-corrected chi connectivity index (χ3v) is 4.49. The molecule has 0 radical (unpaired) electrons. The summed E-state index contributed by atoms with van der Waals surface area (Å²) >= 11 is 0. The molecule has 27 heavy (non-hydrogen) atoms. The summed E-state index contributed by atoms with van der Waals surface area (Å²) in [6.45, 7) is 0.290. The monoisotopic (exact) mass is 376 g/mol. The van der Waals surface area contributed by atoms with E-state index in [4.69, 9.17) is 14.2 Å². The molecule has 1 aliphatic heterocycles. The van der Waals surface area contributed by atoms with Gasteiger partial charge < -0.3 is 24.2 Å². The number of benzene rings is 1. The van der Waals surface area contributed by atoms with E-state index in [1.54, 1.807) is 23.1 Å². The molecule has 1 N–H and O–H groups in total. The van der Waals surface area contributed by atoms with E-state index in [0.717, 1.165) is 12.3 Å². The van der Waals surface area contributed by atoms with Crippen molar-refractivity contribution in [1.82, 2.24) is 9.88 Å². The summed E-state index contributed by atoms with van der Waals surface area (Å²) in [4.78, 5) is 18.3. The van der Waals surface area contributed by atoms with Gasteiger partial charge in [-0.2, -0.15) is 0 Å². The van der Waals surface area contributed by atoms with E-state index in [0.29, 0.717) is 23.6 Å². The number of nitrogens with zero attached hydrogens (tertiary/aromatic N) is 2. The molecule has 0 spiro atoms. The Morgan fingerprint density at radius 3 is 2.74 bits per heavy atom. The Balaban J connectivity index is 2.00. The van der Waals surface area contributed by atoms with Crippen LogP contribution in [0.2, 0.25) is 0 Å². The lowest BCUT2D eigenvalue weighted by molar-refractivity contribution is -0.0812. The van der Waals surface area contributed by atoms with Crippen LogP contribution >= 0.6 is 0 Å². The highest BCUT2D eigenvalue weighted by molar-refractivity contribution is 5.94. The number of aromatic nitrogens is 1. The normalized spacial score (nSPS) is 19.6. The van der Waals surface area contributed by atoms with Gasteiger partial charge in [-0.25, -0.2) is 4.39 Å². The molecule has 144 valence electrons. The van der Waals surface area contributed by atoms with Crippen molar-refractivity contribution in [3.05, 3.63) is 53.6 Å². The van der Waals surface area contributed by atoms with Crippen molar-refractivity contribution in [2.45, 2.75) is 12.1 Å². The first-order valence-corrected chi connectivity index (χ1v) is 8.45. The topological polar surface area (TPSA) is 81.1 Å². The molecule has 2 heterocycles. The van der Waals surface area contributed by atoms with E-state index in [2.05, 4.69) is 4.98 Å². The Morgan fingerprint density at radius 1 is 1.30 bits per heavy atom. The van der Waals surface area contributed by atoms with Crippen molar-refractivity contribution in [3.8, 4) is 11.5 Å². The molecule has 1 amide bonds. The van der Waals surface area contributed by atoms with Gasteiger partial charge in [0, 0.05) is 12.7 Å². The standard InChI is InChI=1S/C19H21FN2O5/c1-25-15-4-3-12(8-16(15)26-2)18-17(11-23)27-6-5-22(18)19(24)13-7-14(20)10-21-9-13/h3-4,7-10,17-18,23H,5-6,11H2,1-2H3/t17-,18-/m0/s1. The first-order chi connectivity index (χ1) is 13.1. The van der Waals surface area contributed by atoms with Gasteiger partial charge in [-0.15, -0.1) is 0 Å². The smallest absolute Gasteiger partial charge is 0.256 e. The zero-order valence-electron chi connectivity index (χ0n) is 15.1. The van der Waals surface area contributed by atoms with Crippen molar-refractivity contribution >= 4 is 5.91 Å². The number of halogens is 1. The molecule has 0 unspecified atom stereocenters. The summed E-state index contributed by atoms with van der Waals surface area (Å²) in [5, 5.41) is 9.77. The van der Waals surface area contributed by atoms with Crippen molar-refractivity contribution < 1.29 is 28.5 Å². The van der Waals surface area contributed by atoms with Crippen LogP contribution in [0.4, 0.5) is 4.39 Å². The van der Waals surface area contributed by atoms with E-state index in [-0.39, 0.29) is 24.7 Å². The summed E-state index contributed by atoms with van der Waals surface area (Å²) in [6, 6.07) is 5.83. The highest BCUT2D eigenvalue weighted by atomic mass is 19.1. The molecule has 1 saturated heterocycles. The van der Waals surface area contributed by atoms with Crippen molar-refractivity contribution in [2.75, 3.05) is 34.0 Å². The number of aliphatic hydroxyl groups is 1. The predicted octanol–water partition coefficient (Wildman–Crippen LogP) is 1.81. The summed E-state index contributed by atoms with van der Waals surface area (Å²) < 4.78 is 29.8. The number of rotatable bonds is 5. The Hall–Kier alpha value is -2.71. The fourth-order valence-electron chi connectivity index (χ4n) is 3.24. The molecule has 8 heteroatoms. The van der Waals surface area contributed by atoms with Gasteiger partial charge in [0.05, 0.1) is 45.2 Å². The number of morpholine rings is 1. The van der Waals surface area contributed by atoms with Gasteiger partial charge in [0.2, 0.25) is 0 Å². The van der Waals surface area contributed by atoms with E-state index >= 15 is 0 Å². The van der Waals surface area contributed by atoms with Gasteiger partial charge in [-0.05, 0) is 23.8 Å². The first kappa shape index (κ1) is 19.1. The quantitative estimate of drug-likeness (QED) is 0.857. The summed E-state index contributed by atoms with van der Waals surface area (Å²) in [6.07, 6.45) is 1.74. The van der Waals surface area contributed by atoms with Crippen LogP contribution in [0.1, 0.15) is 22.0 Å². The molecule has 1 fully saturated rings. The molecular weight excluding hydrogens is 355 g/mol. The van der Waals surface area contributed by atoms with Gasteiger partial charge in [-0.3, -0.25) is 9.78 Å². The predicted molar refractivity (Wildman–Crippen MR) is 94.3 cm³/mol. The van der Waals surface area contributed by atoms with Gasteiger partial charge >= 0.3 is 0 Å². The SMILES string of the molecule is COc1ccc([C@H]2[C@H](CO)OCCN2C(=O)c2cncc(F)c2)cc1OC. The second-order valence-electron chi connectivity index (χ2n) is 6.04. The van der Waals surface area contributed by atoms with Crippen LogP contribution in [0.25, 0.3) is 0 Å². The van der Waals surface area contributed by atoms with Crippen LogP contribution in [0.5, 0.6) is 11.5 Å². The molecule has 2 atom stereocenters. The first-order valence-electron chi connectivity index (χ1n) is 8.45. The molecule has 7 nitrogen and oxygen atoms in total. The zero-order valence-corrected chi connectivity index (χ0v) is 15.1. The molecule has 2 aromatic rings. The Labute approximate surface area is 156 Å². The number of methoxy groups -OCH3 is 2. The largest absolute Gasteiger partial charge is 0.493 e. The lowest BCUT2D eigenvalue weighted by atomic mass is 9.97. The summed E-state index contributed by atoms with van der Waals surface area (Å²) in [7, 11) is 3.05. The second-order valence-corrected chi connectivity index (χ2v) is 6.04. The van der Waals surface area contributed by atoms with E-state index in [1.807, 2.05) is 0 Å². The Bertz CT molecular complexity index is 816. The zero-order chi connectivity index (χ0) is 19.4. The highest BCUT2D eigenvalue weighted by Gasteiger charge is 2.37. The Morgan fingerprint density at radius 2 is 2.07 bits per heavy atom. The average Bonchev–Trinajstić information content (AvgIpc) is 2.72. The summed E-state index contributed by atoms with van der Waals surface area (Å²) in [5.74, 6) is 0.0711. The van der Waals surface area contributed by atoms with E-state index in [1.165, 1.54) is 20.4 Å². The number of aliphatic hydroxyl groups excluding tert-OH is 1. The van der Waals surface area contributed by atoms with Crippen molar-refractivity contribution in [3.63, 3.8) is 0 Å². The van der Waals surface area contributed by atoms with Crippen molar-refractivity contribution in [2.24, 2.45) is 0 Å². The van der Waals surface area contributed by atoms with Crippen LogP contribution in [0, 0.1) is 5.82 Å². The third-order valence-electron chi connectivity index (χ3n) is 4.49. The lowest BCUT2D eigenvalue weighted by Gasteiger charge is -2.41. The number of carbonyl (C=O) groups is 1. The Kier molecular flexibility index (Phi) is 5.88. The van der Waals surface area contributed by atoms with Crippen LogP contribution in [0.15, 0.2) is 36.7 Å². The third kappa shape index (κ3) is 3.86. The number of ether oxygens (including phenoxy) is 3. The maximum Gasteiger partial charge on any atom is 0.256 e. The van der Waals surface area contributed by atoms with Gasteiger partial charge in [0.25, 0.3) is 5.91 Å². The second kappa shape index (κ2) is 8.32. The minimum absolute atomic E-state index is 0.138. The van der Waals surface area contributed by atoms with Gasteiger partial charge in [0.15, 0.2) is 11.5 Å².